The Hall–Kier alpha value is -0.950. The van der Waals surface area contributed by atoms with E-state index in [1.54, 1.807) is 0 Å². The van der Waals surface area contributed by atoms with Gasteiger partial charge in [0.25, 0.3) is 0 Å². The number of amides is 1. The first-order chi connectivity index (χ1) is 6.88. The molecule has 7 heteroatoms. The van der Waals surface area contributed by atoms with Gasteiger partial charge in [0.05, 0.1) is 6.42 Å². The molecular formula is C8H5BrFNO3S. The maximum Gasteiger partial charge on any atom is 0.333 e. The average molecular weight is 294 g/mol. The van der Waals surface area contributed by atoms with Crippen molar-refractivity contribution in [3.8, 4) is 0 Å². The second-order valence-corrected chi connectivity index (χ2v) is 5.27. The van der Waals surface area contributed by atoms with Crippen molar-refractivity contribution >= 4 is 37.7 Å². The molecule has 0 spiro atoms. The fourth-order valence-electron chi connectivity index (χ4n) is 1.41. The number of nitrogens with one attached hydrogen (secondary N) is 1. The highest BCUT2D eigenvalue weighted by Gasteiger charge is 2.24. The minimum atomic E-state index is -4.77. The zero-order valence-electron chi connectivity index (χ0n) is 7.25. The van der Waals surface area contributed by atoms with Gasteiger partial charge in [0, 0.05) is 10.2 Å². The van der Waals surface area contributed by atoms with Gasteiger partial charge in [-0.05, 0) is 33.6 Å². The number of anilines is 1. The van der Waals surface area contributed by atoms with Gasteiger partial charge in [-0.3, -0.25) is 4.79 Å². The van der Waals surface area contributed by atoms with Gasteiger partial charge in [-0.15, -0.1) is 3.89 Å². The average Bonchev–Trinajstić information content (AvgIpc) is 2.40. The van der Waals surface area contributed by atoms with Crippen molar-refractivity contribution in [2.24, 2.45) is 0 Å². The lowest BCUT2D eigenvalue weighted by atomic mass is 10.2. The number of carbonyl (C=O) groups excluding carboxylic acids is 1. The minimum absolute atomic E-state index is 0.125. The summed E-state index contributed by atoms with van der Waals surface area (Å²) in [5.74, 6) is -0.231. The summed E-state index contributed by atoms with van der Waals surface area (Å²) in [6, 6.07) is 2.54. The fraction of sp³-hybridized carbons (Fsp3) is 0.125. The zero-order valence-corrected chi connectivity index (χ0v) is 9.65. The third-order valence-corrected chi connectivity index (χ3v) is 3.83. The Morgan fingerprint density at radius 3 is 2.67 bits per heavy atom. The third kappa shape index (κ3) is 1.89. The minimum Gasteiger partial charge on any atom is -0.325 e. The number of fused-ring (bicyclic) bond motifs is 1. The molecular weight excluding hydrogens is 289 g/mol. The quantitative estimate of drug-likeness (QED) is 0.800. The van der Waals surface area contributed by atoms with Crippen molar-refractivity contribution in [3.63, 3.8) is 0 Å². The van der Waals surface area contributed by atoms with Crippen LogP contribution in [0.1, 0.15) is 5.56 Å². The van der Waals surface area contributed by atoms with E-state index in [9.17, 15) is 17.1 Å². The zero-order chi connectivity index (χ0) is 11.2. The van der Waals surface area contributed by atoms with Crippen molar-refractivity contribution in [3.05, 3.63) is 22.2 Å². The van der Waals surface area contributed by atoms with Gasteiger partial charge in [0.15, 0.2) is 0 Å². The molecule has 0 bridgehead atoms. The second-order valence-electron chi connectivity index (χ2n) is 3.10. The SMILES string of the molecule is O=C1Cc2cc(Br)c(S(=O)(=O)F)cc2N1. The van der Waals surface area contributed by atoms with Crippen molar-refractivity contribution in [1.29, 1.82) is 0 Å². The molecule has 2 rings (SSSR count). The summed E-state index contributed by atoms with van der Waals surface area (Å²) >= 11 is 2.95. The number of carbonyl (C=O) groups is 1. The van der Waals surface area contributed by atoms with E-state index in [2.05, 4.69) is 21.2 Å². The molecule has 0 unspecified atom stereocenters. The molecule has 0 saturated heterocycles. The van der Waals surface area contributed by atoms with Gasteiger partial charge in [-0.25, -0.2) is 0 Å². The Labute approximate surface area is 93.8 Å². The standard InChI is InChI=1S/C8H5BrFNO3S/c9-5-1-4-2-8(12)11-6(4)3-7(5)15(10,13)14/h1,3H,2H2,(H,11,12). The van der Waals surface area contributed by atoms with Gasteiger partial charge < -0.3 is 5.32 Å². The number of halogens is 2. The van der Waals surface area contributed by atoms with E-state index in [0.29, 0.717) is 11.3 Å². The Kier molecular flexibility index (Phi) is 2.31. The first kappa shape index (κ1) is 10.6. The van der Waals surface area contributed by atoms with Gasteiger partial charge >= 0.3 is 10.2 Å². The van der Waals surface area contributed by atoms with Gasteiger partial charge in [-0.1, -0.05) is 0 Å². The van der Waals surface area contributed by atoms with Crippen LogP contribution in [0.15, 0.2) is 21.5 Å². The highest BCUT2D eigenvalue weighted by atomic mass is 79.9. The first-order valence-electron chi connectivity index (χ1n) is 3.95. The van der Waals surface area contributed by atoms with E-state index in [4.69, 9.17) is 0 Å². The molecule has 4 nitrogen and oxygen atoms in total. The molecule has 1 heterocycles. The maximum atomic E-state index is 12.8. The smallest absolute Gasteiger partial charge is 0.325 e. The molecule has 0 aromatic heterocycles. The molecule has 1 aromatic rings. The van der Waals surface area contributed by atoms with E-state index in [0.717, 1.165) is 6.07 Å². The summed E-state index contributed by atoms with van der Waals surface area (Å²) in [5, 5.41) is 2.45. The topological polar surface area (TPSA) is 63.2 Å². The van der Waals surface area contributed by atoms with Crippen LogP contribution < -0.4 is 5.32 Å². The molecule has 0 aliphatic carbocycles. The van der Waals surface area contributed by atoms with E-state index in [-0.39, 0.29) is 16.8 Å². The monoisotopic (exact) mass is 293 g/mol. The second kappa shape index (κ2) is 3.28. The van der Waals surface area contributed by atoms with Crippen LogP contribution in [0.5, 0.6) is 0 Å². The predicted molar refractivity (Wildman–Crippen MR) is 54.8 cm³/mol. The number of benzene rings is 1. The normalized spacial score (nSPS) is 14.9. The van der Waals surface area contributed by atoms with Crippen molar-refractivity contribution < 1.29 is 17.1 Å². The molecule has 0 radical (unpaired) electrons. The molecule has 1 amide bonds. The molecule has 1 N–H and O–H groups in total. The Bertz CT molecular complexity index is 555. The summed E-state index contributed by atoms with van der Waals surface area (Å²) in [5.41, 5.74) is 0.999. The van der Waals surface area contributed by atoms with Crippen molar-refractivity contribution in [2.75, 3.05) is 5.32 Å². The molecule has 0 atom stereocenters. The molecule has 1 aromatic carbocycles. The molecule has 1 aliphatic heterocycles. The Balaban J connectivity index is 2.64. The van der Waals surface area contributed by atoms with E-state index < -0.39 is 15.1 Å². The summed E-state index contributed by atoms with van der Waals surface area (Å²) in [7, 11) is -4.77. The summed E-state index contributed by atoms with van der Waals surface area (Å²) < 4.78 is 34.4. The third-order valence-electron chi connectivity index (χ3n) is 2.05. The fourth-order valence-corrected chi connectivity index (χ4v) is 2.93. The van der Waals surface area contributed by atoms with Crippen molar-refractivity contribution in [1.82, 2.24) is 0 Å². The Morgan fingerprint density at radius 1 is 1.40 bits per heavy atom. The number of hydrogen-bond donors (Lipinski definition) is 1. The van der Waals surface area contributed by atoms with Crippen LogP contribution in [0.2, 0.25) is 0 Å². The van der Waals surface area contributed by atoms with Gasteiger partial charge in [0.2, 0.25) is 5.91 Å². The van der Waals surface area contributed by atoms with E-state index in [1.165, 1.54) is 6.07 Å². The summed E-state index contributed by atoms with van der Waals surface area (Å²) in [6.07, 6.45) is 0.181. The molecule has 0 saturated carbocycles. The van der Waals surface area contributed by atoms with Crippen LogP contribution in [0.25, 0.3) is 0 Å². The molecule has 80 valence electrons. The van der Waals surface area contributed by atoms with Crippen LogP contribution in [0.3, 0.4) is 0 Å². The lowest BCUT2D eigenvalue weighted by molar-refractivity contribution is -0.115. The lowest BCUT2D eigenvalue weighted by Gasteiger charge is -2.03. The van der Waals surface area contributed by atoms with Gasteiger partial charge in [-0.2, -0.15) is 8.42 Å². The van der Waals surface area contributed by atoms with Gasteiger partial charge in [0.1, 0.15) is 4.90 Å². The van der Waals surface area contributed by atoms with Crippen molar-refractivity contribution in [2.45, 2.75) is 11.3 Å². The number of rotatable bonds is 1. The first-order valence-corrected chi connectivity index (χ1v) is 6.12. The van der Waals surface area contributed by atoms with Crippen LogP contribution in [-0.2, 0) is 21.4 Å². The summed E-state index contributed by atoms with van der Waals surface area (Å²) in [4.78, 5) is 10.5. The maximum absolute atomic E-state index is 12.8. The van der Waals surface area contributed by atoms with Crippen LogP contribution in [0.4, 0.5) is 9.57 Å². The van der Waals surface area contributed by atoms with E-state index >= 15 is 0 Å². The number of hydrogen-bond acceptors (Lipinski definition) is 3. The lowest BCUT2D eigenvalue weighted by Crippen LogP contribution is -2.03. The molecule has 0 fully saturated rings. The highest BCUT2D eigenvalue weighted by Crippen LogP contribution is 2.33. The Morgan fingerprint density at radius 2 is 2.07 bits per heavy atom. The van der Waals surface area contributed by atoms with Crippen LogP contribution >= 0.6 is 15.9 Å². The summed E-state index contributed by atoms with van der Waals surface area (Å²) in [6.45, 7) is 0. The van der Waals surface area contributed by atoms with E-state index in [1.807, 2.05) is 0 Å². The molecule has 15 heavy (non-hydrogen) atoms. The van der Waals surface area contributed by atoms with Crippen LogP contribution in [0, 0.1) is 0 Å². The highest BCUT2D eigenvalue weighted by molar-refractivity contribution is 9.10. The van der Waals surface area contributed by atoms with Crippen LogP contribution in [-0.4, -0.2) is 14.3 Å². The largest absolute Gasteiger partial charge is 0.333 e. The predicted octanol–water partition coefficient (Wildman–Crippen LogP) is 1.60. The molecule has 1 aliphatic rings.